The second kappa shape index (κ2) is 4.99. The molecule has 16 heavy (non-hydrogen) atoms. The molecule has 2 aromatic heterocycles. The summed E-state index contributed by atoms with van der Waals surface area (Å²) in [6.45, 7) is 0. The maximum Gasteiger partial charge on any atom is 0.316 e. The molecule has 0 radical (unpaired) electrons. The van der Waals surface area contributed by atoms with Crippen LogP contribution in [0.1, 0.15) is 0 Å². The minimum absolute atomic E-state index is 0.197. The smallest absolute Gasteiger partial charge is 0.316 e. The van der Waals surface area contributed by atoms with Gasteiger partial charge in [0.25, 0.3) is 0 Å². The van der Waals surface area contributed by atoms with Crippen molar-refractivity contribution in [1.82, 2.24) is 9.97 Å². The average molecular weight is 275 g/mol. The van der Waals surface area contributed by atoms with Crippen molar-refractivity contribution in [3.63, 3.8) is 0 Å². The third-order valence-corrected chi connectivity index (χ3v) is 3.76. The molecule has 84 valence electrons. The van der Waals surface area contributed by atoms with Crippen LogP contribution in [0, 0.1) is 0 Å². The molecule has 0 unspecified atom stereocenters. The van der Waals surface area contributed by atoms with Gasteiger partial charge in [0, 0.05) is 5.39 Å². The summed E-state index contributed by atoms with van der Waals surface area (Å²) in [7, 11) is 1.36. The lowest BCUT2D eigenvalue weighted by Gasteiger charge is -2.01. The molecular weight excluding hydrogens is 268 g/mol. The average Bonchev–Trinajstić information content (AvgIpc) is 2.73. The molecule has 0 amide bonds. The molecule has 0 bridgehead atoms. The van der Waals surface area contributed by atoms with Crippen molar-refractivity contribution in [2.75, 3.05) is 12.9 Å². The van der Waals surface area contributed by atoms with Gasteiger partial charge in [0.1, 0.15) is 9.86 Å². The Bertz CT molecular complexity index is 529. The first-order valence-corrected chi connectivity index (χ1v) is 6.55. The highest BCUT2D eigenvalue weighted by Crippen LogP contribution is 2.29. The normalized spacial score (nSPS) is 10.6. The van der Waals surface area contributed by atoms with Crippen LogP contribution >= 0.6 is 34.7 Å². The van der Waals surface area contributed by atoms with Gasteiger partial charge in [0.2, 0.25) is 5.28 Å². The number of thioether (sulfide) groups is 1. The van der Waals surface area contributed by atoms with Crippen LogP contribution in [0.15, 0.2) is 16.5 Å². The molecule has 0 aliphatic heterocycles. The summed E-state index contributed by atoms with van der Waals surface area (Å²) >= 11 is 8.57. The van der Waals surface area contributed by atoms with E-state index >= 15 is 0 Å². The minimum Gasteiger partial charge on any atom is -0.468 e. The lowest BCUT2D eigenvalue weighted by atomic mass is 10.4. The van der Waals surface area contributed by atoms with Gasteiger partial charge in [-0.1, -0.05) is 11.8 Å². The number of carbonyl (C=O) groups is 1. The Morgan fingerprint density at radius 1 is 1.62 bits per heavy atom. The molecular formula is C9H7ClN2O2S2. The van der Waals surface area contributed by atoms with Crippen LogP contribution in [0.4, 0.5) is 0 Å². The van der Waals surface area contributed by atoms with Gasteiger partial charge in [0.05, 0.1) is 12.9 Å². The molecule has 2 rings (SSSR count). The number of hydrogen-bond donors (Lipinski definition) is 0. The van der Waals surface area contributed by atoms with Gasteiger partial charge in [-0.05, 0) is 23.0 Å². The lowest BCUT2D eigenvalue weighted by Crippen LogP contribution is -2.03. The first kappa shape index (κ1) is 11.6. The number of aromatic nitrogens is 2. The summed E-state index contributed by atoms with van der Waals surface area (Å²) in [6.07, 6.45) is 0. The van der Waals surface area contributed by atoms with Crippen molar-refractivity contribution in [2.24, 2.45) is 0 Å². The quantitative estimate of drug-likeness (QED) is 0.373. The fraction of sp³-hybridized carbons (Fsp3) is 0.222. The minimum atomic E-state index is -0.289. The zero-order chi connectivity index (χ0) is 11.5. The predicted octanol–water partition coefficient (Wildman–Crippen LogP) is 2.61. The summed E-state index contributed by atoms with van der Waals surface area (Å²) in [6, 6.07) is 1.91. The number of halogens is 1. The van der Waals surface area contributed by atoms with Crippen molar-refractivity contribution < 1.29 is 9.53 Å². The van der Waals surface area contributed by atoms with E-state index in [4.69, 9.17) is 11.6 Å². The summed E-state index contributed by atoms with van der Waals surface area (Å²) < 4.78 is 4.56. The van der Waals surface area contributed by atoms with E-state index in [-0.39, 0.29) is 17.0 Å². The molecule has 0 saturated heterocycles. The molecule has 0 aromatic carbocycles. The number of nitrogens with zero attached hydrogens (tertiary/aromatic N) is 2. The molecule has 7 heteroatoms. The van der Waals surface area contributed by atoms with Crippen molar-refractivity contribution >= 4 is 50.9 Å². The largest absolute Gasteiger partial charge is 0.468 e. The topological polar surface area (TPSA) is 52.1 Å². The maximum atomic E-state index is 11.0. The van der Waals surface area contributed by atoms with Crippen LogP contribution in [0.5, 0.6) is 0 Å². The lowest BCUT2D eigenvalue weighted by molar-refractivity contribution is -0.137. The molecule has 0 spiro atoms. The summed E-state index contributed by atoms with van der Waals surface area (Å²) in [5, 5.41) is 3.74. The van der Waals surface area contributed by atoms with Crippen LogP contribution < -0.4 is 0 Å². The second-order valence-electron chi connectivity index (χ2n) is 2.80. The molecule has 2 heterocycles. The van der Waals surface area contributed by atoms with Crippen LogP contribution in [0.25, 0.3) is 10.2 Å². The molecule has 0 atom stereocenters. The maximum absolute atomic E-state index is 11.0. The molecule has 0 saturated carbocycles. The van der Waals surface area contributed by atoms with E-state index < -0.39 is 0 Å². The Morgan fingerprint density at radius 2 is 2.44 bits per heavy atom. The van der Waals surface area contributed by atoms with E-state index in [0.717, 1.165) is 10.2 Å². The highest BCUT2D eigenvalue weighted by atomic mass is 35.5. The molecule has 0 aliphatic carbocycles. The van der Waals surface area contributed by atoms with Gasteiger partial charge in [-0.15, -0.1) is 11.3 Å². The number of methoxy groups -OCH3 is 1. The third-order valence-electron chi connectivity index (χ3n) is 1.82. The van der Waals surface area contributed by atoms with E-state index in [1.165, 1.54) is 30.2 Å². The van der Waals surface area contributed by atoms with E-state index in [2.05, 4.69) is 14.7 Å². The van der Waals surface area contributed by atoms with Gasteiger partial charge in [-0.2, -0.15) is 0 Å². The van der Waals surface area contributed by atoms with E-state index in [9.17, 15) is 4.79 Å². The van der Waals surface area contributed by atoms with Crippen LogP contribution in [-0.2, 0) is 9.53 Å². The van der Waals surface area contributed by atoms with E-state index in [0.29, 0.717) is 5.03 Å². The number of fused-ring (bicyclic) bond motifs is 1. The van der Waals surface area contributed by atoms with Gasteiger partial charge in [-0.25, -0.2) is 9.97 Å². The molecule has 4 nitrogen and oxygen atoms in total. The van der Waals surface area contributed by atoms with Crippen LogP contribution in [-0.4, -0.2) is 28.8 Å². The second-order valence-corrected chi connectivity index (χ2v) is 5.00. The Balaban J connectivity index is 2.28. The molecule has 0 aliphatic rings. The zero-order valence-corrected chi connectivity index (χ0v) is 10.7. The van der Waals surface area contributed by atoms with Gasteiger partial charge in [-0.3, -0.25) is 4.79 Å². The highest BCUT2D eigenvalue weighted by Gasteiger charge is 2.10. The molecule has 2 aromatic rings. The predicted molar refractivity (Wildman–Crippen MR) is 65.2 cm³/mol. The third kappa shape index (κ3) is 2.45. The van der Waals surface area contributed by atoms with Crippen LogP contribution in [0.2, 0.25) is 5.28 Å². The van der Waals surface area contributed by atoms with Gasteiger partial charge < -0.3 is 4.74 Å². The van der Waals surface area contributed by atoms with Crippen molar-refractivity contribution in [2.45, 2.75) is 5.03 Å². The van der Waals surface area contributed by atoms with Crippen molar-refractivity contribution in [3.05, 3.63) is 16.7 Å². The van der Waals surface area contributed by atoms with Crippen molar-refractivity contribution in [1.29, 1.82) is 0 Å². The fourth-order valence-electron chi connectivity index (χ4n) is 1.10. The van der Waals surface area contributed by atoms with Gasteiger partial charge in [0.15, 0.2) is 0 Å². The number of hydrogen-bond acceptors (Lipinski definition) is 6. The first-order valence-electron chi connectivity index (χ1n) is 4.31. The SMILES string of the molecule is COC(=O)CSc1nc(Cl)nc2sccc12. The van der Waals surface area contributed by atoms with E-state index in [1.54, 1.807) is 0 Å². The van der Waals surface area contributed by atoms with Gasteiger partial charge >= 0.3 is 5.97 Å². The monoisotopic (exact) mass is 274 g/mol. The Hall–Kier alpha value is -0.850. The van der Waals surface area contributed by atoms with E-state index in [1.807, 2.05) is 11.4 Å². The van der Waals surface area contributed by atoms with Crippen molar-refractivity contribution in [3.8, 4) is 0 Å². The number of rotatable bonds is 3. The Labute approximate surface area is 105 Å². The molecule has 0 N–H and O–H groups in total. The highest BCUT2D eigenvalue weighted by molar-refractivity contribution is 8.00. The fourth-order valence-corrected chi connectivity index (χ4v) is 3.04. The summed E-state index contributed by atoms with van der Waals surface area (Å²) in [4.78, 5) is 20.0. The summed E-state index contributed by atoms with van der Waals surface area (Å²) in [5.74, 6) is -0.0717. The summed E-state index contributed by atoms with van der Waals surface area (Å²) in [5.41, 5.74) is 0. The Kier molecular flexibility index (Phi) is 3.63. The number of carbonyl (C=O) groups excluding carboxylic acids is 1. The molecule has 0 fully saturated rings. The number of ether oxygens (including phenoxy) is 1. The first-order chi connectivity index (χ1) is 7.70. The Morgan fingerprint density at radius 3 is 3.19 bits per heavy atom. The number of esters is 1. The van der Waals surface area contributed by atoms with Crippen LogP contribution in [0.3, 0.4) is 0 Å². The number of thiophene rings is 1. The standard InChI is InChI=1S/C9H7ClN2O2S2/c1-14-6(13)4-16-8-5-2-3-15-7(5)11-9(10)12-8/h2-3H,4H2,1H3. The zero-order valence-electron chi connectivity index (χ0n) is 8.27.